The van der Waals surface area contributed by atoms with Gasteiger partial charge in [0.25, 0.3) is 0 Å². The first-order valence-corrected chi connectivity index (χ1v) is 11.2. The SMILES string of the molecule is Cc1sc2nc(CN3CCOCC3)nc(NC3CC(=O)N(C(C)(C)C)C3)c2c1C. The number of aromatic nitrogens is 2. The number of ether oxygens (including phenoxy) is 1. The third-order valence-electron chi connectivity index (χ3n) is 5.82. The van der Waals surface area contributed by atoms with Crippen LogP contribution in [0.25, 0.3) is 10.2 Å². The molecule has 0 radical (unpaired) electrons. The summed E-state index contributed by atoms with van der Waals surface area (Å²) < 4.78 is 5.46. The van der Waals surface area contributed by atoms with Gasteiger partial charge in [0, 0.05) is 36.5 Å². The van der Waals surface area contributed by atoms with Crippen molar-refractivity contribution in [2.45, 2.75) is 59.2 Å². The highest BCUT2D eigenvalue weighted by atomic mass is 32.1. The number of hydrogen-bond acceptors (Lipinski definition) is 7. The normalized spacial score (nSPS) is 21.3. The standard InChI is InChI=1S/C21H31N5O2S/c1-13-14(2)29-20-18(13)19(22-15-10-17(27)26(11-15)21(3,4)5)23-16(24-20)12-25-6-8-28-9-7-25/h15H,6-12H2,1-5H3,(H,22,23,24). The van der Waals surface area contributed by atoms with Gasteiger partial charge in [-0.2, -0.15) is 0 Å². The number of carbonyl (C=O) groups excluding carboxylic acids is 1. The highest BCUT2D eigenvalue weighted by Crippen LogP contribution is 2.34. The Kier molecular flexibility index (Phi) is 5.52. The summed E-state index contributed by atoms with van der Waals surface area (Å²) in [4.78, 5) is 28.9. The van der Waals surface area contributed by atoms with Crippen molar-refractivity contribution >= 4 is 33.3 Å². The lowest BCUT2D eigenvalue weighted by Crippen LogP contribution is -2.43. The van der Waals surface area contributed by atoms with E-state index in [-0.39, 0.29) is 17.5 Å². The Morgan fingerprint density at radius 3 is 2.59 bits per heavy atom. The first-order chi connectivity index (χ1) is 13.7. The predicted molar refractivity (Wildman–Crippen MR) is 116 cm³/mol. The van der Waals surface area contributed by atoms with Crippen molar-refractivity contribution in [1.29, 1.82) is 0 Å². The van der Waals surface area contributed by atoms with E-state index < -0.39 is 0 Å². The Morgan fingerprint density at radius 1 is 1.21 bits per heavy atom. The zero-order chi connectivity index (χ0) is 20.8. The molecule has 2 aliphatic rings. The number of hydrogen-bond donors (Lipinski definition) is 1. The lowest BCUT2D eigenvalue weighted by molar-refractivity contribution is -0.131. The summed E-state index contributed by atoms with van der Waals surface area (Å²) in [6.07, 6.45) is 0.504. The molecule has 4 rings (SSSR count). The fraction of sp³-hybridized carbons (Fsp3) is 0.667. The third kappa shape index (κ3) is 4.25. The summed E-state index contributed by atoms with van der Waals surface area (Å²) in [6, 6.07) is 0.0654. The molecule has 2 fully saturated rings. The summed E-state index contributed by atoms with van der Waals surface area (Å²) in [5.41, 5.74) is 1.06. The molecule has 2 aromatic heterocycles. The molecule has 29 heavy (non-hydrogen) atoms. The van der Waals surface area contributed by atoms with Crippen molar-refractivity contribution in [1.82, 2.24) is 19.8 Å². The molecule has 0 spiro atoms. The Hall–Kier alpha value is -1.77. The van der Waals surface area contributed by atoms with Gasteiger partial charge in [0.05, 0.1) is 31.2 Å². The zero-order valence-electron chi connectivity index (χ0n) is 18.0. The highest BCUT2D eigenvalue weighted by Gasteiger charge is 2.36. The van der Waals surface area contributed by atoms with Crippen molar-refractivity contribution in [2.75, 3.05) is 38.2 Å². The number of thiophene rings is 1. The summed E-state index contributed by atoms with van der Waals surface area (Å²) >= 11 is 1.72. The molecule has 0 bridgehead atoms. The van der Waals surface area contributed by atoms with Crippen molar-refractivity contribution in [3.63, 3.8) is 0 Å². The van der Waals surface area contributed by atoms with Crippen LogP contribution in [0.5, 0.6) is 0 Å². The maximum atomic E-state index is 12.5. The van der Waals surface area contributed by atoms with Gasteiger partial charge >= 0.3 is 0 Å². The molecule has 1 atom stereocenters. The molecule has 4 heterocycles. The van der Waals surface area contributed by atoms with Crippen molar-refractivity contribution in [3.05, 3.63) is 16.3 Å². The molecule has 0 aliphatic carbocycles. The van der Waals surface area contributed by atoms with Crippen molar-refractivity contribution < 1.29 is 9.53 Å². The van der Waals surface area contributed by atoms with E-state index in [0.717, 1.165) is 54.7 Å². The number of rotatable bonds is 4. The number of morpholine rings is 1. The lowest BCUT2D eigenvalue weighted by atomic mass is 10.1. The molecule has 1 amide bonds. The van der Waals surface area contributed by atoms with Crippen LogP contribution < -0.4 is 5.32 Å². The molecule has 0 aromatic carbocycles. The predicted octanol–water partition coefficient (Wildman–Crippen LogP) is 2.95. The molecule has 7 nitrogen and oxygen atoms in total. The van der Waals surface area contributed by atoms with E-state index in [1.807, 2.05) is 4.90 Å². The van der Waals surface area contributed by atoms with Crippen LogP contribution in [-0.2, 0) is 16.1 Å². The number of nitrogens with zero attached hydrogens (tertiary/aromatic N) is 4. The molecule has 0 saturated carbocycles. The summed E-state index contributed by atoms with van der Waals surface area (Å²) in [7, 11) is 0. The Labute approximate surface area is 176 Å². The van der Waals surface area contributed by atoms with E-state index in [1.165, 1.54) is 10.4 Å². The Bertz CT molecular complexity index is 914. The van der Waals surface area contributed by atoms with E-state index in [4.69, 9.17) is 14.7 Å². The van der Waals surface area contributed by atoms with Crippen LogP contribution in [0.15, 0.2) is 0 Å². The first-order valence-electron chi connectivity index (χ1n) is 10.4. The topological polar surface area (TPSA) is 70.6 Å². The minimum absolute atomic E-state index is 0.0654. The third-order valence-corrected chi connectivity index (χ3v) is 6.92. The van der Waals surface area contributed by atoms with Crippen LogP contribution in [0, 0.1) is 13.8 Å². The van der Waals surface area contributed by atoms with Gasteiger partial charge in [-0.25, -0.2) is 9.97 Å². The molecule has 2 aliphatic heterocycles. The molecule has 1 N–H and O–H groups in total. The number of anilines is 1. The largest absolute Gasteiger partial charge is 0.379 e. The molecule has 2 saturated heterocycles. The smallest absolute Gasteiger partial charge is 0.225 e. The molecular weight excluding hydrogens is 386 g/mol. The van der Waals surface area contributed by atoms with Crippen LogP contribution in [0.2, 0.25) is 0 Å². The second-order valence-electron chi connectivity index (χ2n) is 9.06. The maximum Gasteiger partial charge on any atom is 0.225 e. The number of aryl methyl sites for hydroxylation is 2. The first kappa shape index (κ1) is 20.5. The molecule has 2 aromatic rings. The summed E-state index contributed by atoms with van der Waals surface area (Å²) in [5, 5.41) is 4.70. The minimum Gasteiger partial charge on any atom is -0.379 e. The van der Waals surface area contributed by atoms with Crippen LogP contribution >= 0.6 is 11.3 Å². The van der Waals surface area contributed by atoms with E-state index in [9.17, 15) is 4.79 Å². The van der Waals surface area contributed by atoms with Gasteiger partial charge in [-0.1, -0.05) is 0 Å². The van der Waals surface area contributed by atoms with Crippen LogP contribution in [-0.4, -0.2) is 70.1 Å². The van der Waals surface area contributed by atoms with Gasteiger partial charge in [0.2, 0.25) is 5.91 Å². The number of nitrogens with one attached hydrogen (secondary N) is 1. The van der Waals surface area contributed by atoms with Crippen molar-refractivity contribution in [3.8, 4) is 0 Å². The van der Waals surface area contributed by atoms with Gasteiger partial charge in [-0.05, 0) is 40.2 Å². The Balaban J connectivity index is 1.62. The van der Waals surface area contributed by atoms with E-state index in [1.54, 1.807) is 11.3 Å². The molecular formula is C21H31N5O2S. The van der Waals surface area contributed by atoms with Gasteiger partial charge in [-0.3, -0.25) is 9.69 Å². The zero-order valence-corrected chi connectivity index (χ0v) is 18.9. The second kappa shape index (κ2) is 7.81. The van der Waals surface area contributed by atoms with Crippen LogP contribution in [0.1, 0.15) is 43.5 Å². The van der Waals surface area contributed by atoms with Crippen molar-refractivity contribution in [2.24, 2.45) is 0 Å². The van der Waals surface area contributed by atoms with E-state index >= 15 is 0 Å². The highest BCUT2D eigenvalue weighted by molar-refractivity contribution is 7.18. The monoisotopic (exact) mass is 417 g/mol. The lowest BCUT2D eigenvalue weighted by Gasteiger charge is -2.32. The second-order valence-corrected chi connectivity index (χ2v) is 10.3. The fourth-order valence-corrected chi connectivity index (χ4v) is 5.12. The average molecular weight is 418 g/mol. The molecule has 1 unspecified atom stereocenters. The van der Waals surface area contributed by atoms with Gasteiger partial charge in [0.1, 0.15) is 16.5 Å². The average Bonchev–Trinajstić information content (AvgIpc) is 3.15. The molecule has 8 heteroatoms. The number of fused-ring (bicyclic) bond motifs is 1. The molecule has 158 valence electrons. The fourth-order valence-electron chi connectivity index (χ4n) is 4.07. The van der Waals surface area contributed by atoms with Gasteiger partial charge in [-0.15, -0.1) is 11.3 Å². The quantitative estimate of drug-likeness (QED) is 0.825. The number of carbonyl (C=O) groups is 1. The van der Waals surface area contributed by atoms with E-state index in [0.29, 0.717) is 13.0 Å². The van der Waals surface area contributed by atoms with E-state index in [2.05, 4.69) is 44.8 Å². The minimum atomic E-state index is -0.162. The Morgan fingerprint density at radius 2 is 1.93 bits per heavy atom. The van der Waals surface area contributed by atoms with Gasteiger partial charge < -0.3 is 15.0 Å². The number of likely N-dealkylation sites (tertiary alicyclic amines) is 1. The van der Waals surface area contributed by atoms with Gasteiger partial charge in [0.15, 0.2) is 0 Å². The summed E-state index contributed by atoms with van der Waals surface area (Å²) in [5.74, 6) is 1.90. The maximum absolute atomic E-state index is 12.5. The van der Waals surface area contributed by atoms with Crippen LogP contribution in [0.4, 0.5) is 5.82 Å². The summed E-state index contributed by atoms with van der Waals surface area (Å²) in [6.45, 7) is 15.3. The number of amides is 1. The van der Waals surface area contributed by atoms with Crippen LogP contribution in [0.3, 0.4) is 0 Å².